The summed E-state index contributed by atoms with van der Waals surface area (Å²) in [5.74, 6) is 0. The maximum absolute atomic E-state index is 9.52. The van der Waals surface area contributed by atoms with Gasteiger partial charge in [0, 0.05) is 40.1 Å². The number of aromatic nitrogens is 1. The fraction of sp³-hybridized carbons (Fsp3) is 0.750. The molecule has 0 aliphatic carbocycles. The van der Waals surface area contributed by atoms with Gasteiger partial charge in [-0.3, -0.25) is 0 Å². The summed E-state index contributed by atoms with van der Waals surface area (Å²) in [4.78, 5) is 7.41. The standard InChI is InChI=1S/C12H22N2O3S/c1-10(15)11-9-13-12(18-11)14(6-8-17-3)5-4-7-16-2/h9-10,15H,4-8H2,1-3H3. The molecule has 0 saturated heterocycles. The van der Waals surface area contributed by atoms with Gasteiger partial charge in [-0.05, 0) is 13.3 Å². The molecule has 0 aromatic carbocycles. The van der Waals surface area contributed by atoms with Gasteiger partial charge in [-0.2, -0.15) is 0 Å². The summed E-state index contributed by atoms with van der Waals surface area (Å²) in [5.41, 5.74) is 0. The summed E-state index contributed by atoms with van der Waals surface area (Å²) < 4.78 is 10.2. The number of ether oxygens (including phenoxy) is 2. The van der Waals surface area contributed by atoms with E-state index < -0.39 is 6.10 Å². The van der Waals surface area contributed by atoms with Crippen molar-refractivity contribution in [3.05, 3.63) is 11.1 Å². The first-order chi connectivity index (χ1) is 8.69. The molecule has 6 heteroatoms. The second-order valence-corrected chi connectivity index (χ2v) is 5.09. The maximum Gasteiger partial charge on any atom is 0.185 e. The molecule has 0 fully saturated rings. The van der Waals surface area contributed by atoms with Crippen LogP contribution in [-0.2, 0) is 9.47 Å². The van der Waals surface area contributed by atoms with Gasteiger partial charge in [0.15, 0.2) is 5.13 Å². The number of nitrogens with zero attached hydrogens (tertiary/aromatic N) is 2. The number of hydrogen-bond acceptors (Lipinski definition) is 6. The highest BCUT2D eigenvalue weighted by Gasteiger charge is 2.13. The average Bonchev–Trinajstić information content (AvgIpc) is 2.83. The molecule has 104 valence electrons. The molecular weight excluding hydrogens is 252 g/mol. The molecule has 5 nitrogen and oxygen atoms in total. The predicted molar refractivity (Wildman–Crippen MR) is 73.3 cm³/mol. The Labute approximate surface area is 112 Å². The van der Waals surface area contributed by atoms with Crippen LogP contribution in [-0.4, -0.2) is 50.6 Å². The van der Waals surface area contributed by atoms with Gasteiger partial charge >= 0.3 is 0 Å². The second kappa shape index (κ2) is 8.42. The van der Waals surface area contributed by atoms with E-state index in [9.17, 15) is 5.11 Å². The van der Waals surface area contributed by atoms with Crippen LogP contribution in [0, 0.1) is 0 Å². The van der Waals surface area contributed by atoms with E-state index >= 15 is 0 Å². The van der Waals surface area contributed by atoms with E-state index in [1.165, 1.54) is 11.3 Å². The highest BCUT2D eigenvalue weighted by Crippen LogP contribution is 2.26. The summed E-state index contributed by atoms with van der Waals surface area (Å²) in [5, 5.41) is 10.4. The van der Waals surface area contributed by atoms with Crippen molar-refractivity contribution in [1.82, 2.24) is 4.98 Å². The van der Waals surface area contributed by atoms with E-state index in [0.717, 1.165) is 36.1 Å². The molecule has 0 radical (unpaired) electrons. The van der Waals surface area contributed by atoms with E-state index in [1.807, 2.05) is 0 Å². The summed E-state index contributed by atoms with van der Waals surface area (Å²) in [6.45, 7) is 4.83. The van der Waals surface area contributed by atoms with E-state index in [-0.39, 0.29) is 0 Å². The minimum Gasteiger partial charge on any atom is -0.388 e. The van der Waals surface area contributed by atoms with Gasteiger partial charge < -0.3 is 19.5 Å². The first kappa shape index (κ1) is 15.4. The highest BCUT2D eigenvalue weighted by molar-refractivity contribution is 7.15. The van der Waals surface area contributed by atoms with Crippen LogP contribution in [0.4, 0.5) is 5.13 Å². The fourth-order valence-corrected chi connectivity index (χ4v) is 2.42. The molecule has 1 aromatic heterocycles. The molecule has 0 aliphatic heterocycles. The SMILES string of the molecule is COCCCN(CCOC)c1ncc(C(C)O)s1. The molecule has 0 saturated carbocycles. The highest BCUT2D eigenvalue weighted by atomic mass is 32.1. The van der Waals surface area contributed by atoms with Crippen molar-refractivity contribution in [1.29, 1.82) is 0 Å². The zero-order valence-corrected chi connectivity index (χ0v) is 12.1. The third-order valence-electron chi connectivity index (χ3n) is 2.54. The first-order valence-electron chi connectivity index (χ1n) is 6.05. The molecule has 1 aromatic rings. The van der Waals surface area contributed by atoms with Crippen LogP contribution in [0.1, 0.15) is 24.3 Å². The largest absolute Gasteiger partial charge is 0.388 e. The smallest absolute Gasteiger partial charge is 0.185 e. The van der Waals surface area contributed by atoms with Crippen LogP contribution in [0.5, 0.6) is 0 Å². The monoisotopic (exact) mass is 274 g/mol. The molecule has 1 rings (SSSR count). The number of hydrogen-bond donors (Lipinski definition) is 1. The van der Waals surface area contributed by atoms with Gasteiger partial charge in [-0.1, -0.05) is 11.3 Å². The van der Waals surface area contributed by atoms with Crippen LogP contribution >= 0.6 is 11.3 Å². The molecular formula is C12H22N2O3S. The zero-order valence-electron chi connectivity index (χ0n) is 11.3. The summed E-state index contributed by atoms with van der Waals surface area (Å²) in [6.07, 6.45) is 2.23. The predicted octanol–water partition coefficient (Wildman–Crippen LogP) is 1.69. The van der Waals surface area contributed by atoms with Crippen molar-refractivity contribution in [3.63, 3.8) is 0 Å². The average molecular weight is 274 g/mol. The van der Waals surface area contributed by atoms with Crippen molar-refractivity contribution in [2.45, 2.75) is 19.4 Å². The van der Waals surface area contributed by atoms with Crippen molar-refractivity contribution in [2.75, 3.05) is 45.4 Å². The van der Waals surface area contributed by atoms with E-state index in [2.05, 4.69) is 9.88 Å². The molecule has 0 bridgehead atoms. The second-order valence-electron chi connectivity index (χ2n) is 4.05. The Bertz CT molecular complexity index is 331. The molecule has 0 amide bonds. The number of aliphatic hydroxyl groups is 1. The zero-order chi connectivity index (χ0) is 13.4. The van der Waals surface area contributed by atoms with Crippen LogP contribution < -0.4 is 4.90 Å². The third kappa shape index (κ3) is 4.89. The van der Waals surface area contributed by atoms with Gasteiger partial charge in [0.25, 0.3) is 0 Å². The molecule has 1 unspecified atom stereocenters. The van der Waals surface area contributed by atoms with E-state index in [1.54, 1.807) is 27.3 Å². The van der Waals surface area contributed by atoms with Crippen LogP contribution in [0.15, 0.2) is 6.20 Å². The number of thiazole rings is 1. The Balaban J connectivity index is 2.61. The minimum absolute atomic E-state index is 0.459. The topological polar surface area (TPSA) is 54.8 Å². The Hall–Kier alpha value is -0.690. The first-order valence-corrected chi connectivity index (χ1v) is 6.87. The Kier molecular flexibility index (Phi) is 7.19. The molecule has 1 N–H and O–H groups in total. The number of rotatable bonds is 9. The van der Waals surface area contributed by atoms with Crippen LogP contribution in [0.3, 0.4) is 0 Å². The lowest BCUT2D eigenvalue weighted by Crippen LogP contribution is -2.28. The quantitative estimate of drug-likeness (QED) is 0.694. The van der Waals surface area contributed by atoms with Gasteiger partial charge in [0.2, 0.25) is 0 Å². The maximum atomic E-state index is 9.52. The van der Waals surface area contributed by atoms with Crippen LogP contribution in [0.25, 0.3) is 0 Å². The summed E-state index contributed by atoms with van der Waals surface area (Å²) >= 11 is 1.53. The van der Waals surface area contributed by atoms with E-state index in [4.69, 9.17) is 9.47 Å². The molecule has 0 spiro atoms. The molecule has 1 atom stereocenters. The number of aliphatic hydroxyl groups excluding tert-OH is 1. The van der Waals surface area contributed by atoms with Crippen molar-refractivity contribution in [3.8, 4) is 0 Å². The fourth-order valence-electron chi connectivity index (χ4n) is 1.52. The van der Waals surface area contributed by atoms with Gasteiger partial charge in [-0.15, -0.1) is 0 Å². The minimum atomic E-state index is -0.459. The summed E-state index contributed by atoms with van der Waals surface area (Å²) in [6, 6.07) is 0. The third-order valence-corrected chi connectivity index (χ3v) is 3.76. The van der Waals surface area contributed by atoms with Gasteiger partial charge in [-0.25, -0.2) is 4.98 Å². The Morgan fingerprint density at radius 2 is 2.06 bits per heavy atom. The number of anilines is 1. The number of methoxy groups -OCH3 is 2. The van der Waals surface area contributed by atoms with Crippen molar-refractivity contribution in [2.24, 2.45) is 0 Å². The summed E-state index contributed by atoms with van der Waals surface area (Å²) in [7, 11) is 3.39. The lowest BCUT2D eigenvalue weighted by molar-refractivity contribution is 0.191. The normalized spacial score (nSPS) is 12.7. The Morgan fingerprint density at radius 3 is 2.61 bits per heavy atom. The van der Waals surface area contributed by atoms with Gasteiger partial charge in [0.05, 0.1) is 17.6 Å². The van der Waals surface area contributed by atoms with Gasteiger partial charge in [0.1, 0.15) is 0 Å². The lowest BCUT2D eigenvalue weighted by atomic mass is 10.4. The Morgan fingerprint density at radius 1 is 1.33 bits per heavy atom. The van der Waals surface area contributed by atoms with Crippen LogP contribution in [0.2, 0.25) is 0 Å². The van der Waals surface area contributed by atoms with Crippen molar-refractivity contribution < 1.29 is 14.6 Å². The lowest BCUT2D eigenvalue weighted by Gasteiger charge is -2.21. The molecule has 0 aliphatic rings. The van der Waals surface area contributed by atoms with Crippen molar-refractivity contribution >= 4 is 16.5 Å². The molecule has 1 heterocycles. The van der Waals surface area contributed by atoms with E-state index in [0.29, 0.717) is 6.61 Å². The molecule has 18 heavy (non-hydrogen) atoms.